The Morgan fingerprint density at radius 2 is 2.10 bits per heavy atom. The number of rotatable bonds is 4. The number of carbonyl (C=O) groups is 2. The van der Waals surface area contributed by atoms with Crippen LogP contribution in [-0.2, 0) is 4.79 Å². The first-order chi connectivity index (χ1) is 9.95. The number of carboxylic acid groups (broad SMARTS) is 1. The Morgan fingerprint density at radius 3 is 2.76 bits per heavy atom. The molecule has 1 amide bonds. The molecule has 0 saturated carbocycles. The molecular weight excluding hydrogens is 288 g/mol. The minimum atomic E-state index is -1.02. The number of anilines is 1. The number of nitrogens with zero attached hydrogens (tertiary/aromatic N) is 1. The lowest BCUT2D eigenvalue weighted by atomic mass is 10.2. The lowest BCUT2D eigenvalue weighted by Gasteiger charge is -2.07. The Labute approximate surface area is 126 Å². The second-order valence-electron chi connectivity index (χ2n) is 4.45. The number of carbonyl (C=O) groups excluding carboxylic acids is 1. The first kappa shape index (κ1) is 14.9. The maximum atomic E-state index is 12.1. The fraction of sp³-hybridized carbons (Fsp3) is 0.133. The highest BCUT2D eigenvalue weighted by Crippen LogP contribution is 2.19. The second kappa shape index (κ2) is 6.32. The fourth-order valence-electron chi connectivity index (χ4n) is 1.73. The zero-order valence-electron chi connectivity index (χ0n) is 11.6. The van der Waals surface area contributed by atoms with E-state index in [2.05, 4.69) is 10.3 Å². The van der Waals surface area contributed by atoms with Crippen molar-refractivity contribution in [1.82, 2.24) is 4.98 Å². The Morgan fingerprint density at radius 1 is 1.33 bits per heavy atom. The van der Waals surface area contributed by atoms with Gasteiger partial charge in [-0.3, -0.25) is 9.78 Å². The van der Waals surface area contributed by atoms with Gasteiger partial charge in [-0.2, -0.15) is 0 Å². The van der Waals surface area contributed by atoms with Gasteiger partial charge in [-0.25, -0.2) is 4.79 Å². The van der Waals surface area contributed by atoms with E-state index < -0.39 is 5.97 Å². The summed E-state index contributed by atoms with van der Waals surface area (Å²) in [5, 5.41) is 13.1. The number of aryl methyl sites for hydroxylation is 2. The Balaban J connectivity index is 2.12. The normalized spacial score (nSPS) is 10.8. The van der Waals surface area contributed by atoms with E-state index in [1.807, 2.05) is 26.0 Å². The van der Waals surface area contributed by atoms with E-state index in [-0.39, 0.29) is 5.91 Å². The van der Waals surface area contributed by atoms with Crippen LogP contribution >= 0.6 is 11.3 Å². The van der Waals surface area contributed by atoms with Crippen LogP contribution in [0.2, 0.25) is 0 Å². The summed E-state index contributed by atoms with van der Waals surface area (Å²) >= 11 is 1.31. The third kappa shape index (κ3) is 4.00. The van der Waals surface area contributed by atoms with Crippen molar-refractivity contribution < 1.29 is 14.7 Å². The highest BCUT2D eigenvalue weighted by atomic mass is 32.1. The van der Waals surface area contributed by atoms with Crippen LogP contribution in [0.15, 0.2) is 29.7 Å². The lowest BCUT2D eigenvalue weighted by molar-refractivity contribution is -0.131. The van der Waals surface area contributed by atoms with Crippen LogP contribution in [0, 0.1) is 13.8 Å². The van der Waals surface area contributed by atoms with E-state index in [1.54, 1.807) is 11.4 Å². The van der Waals surface area contributed by atoms with Gasteiger partial charge in [-0.05, 0) is 38.1 Å². The van der Waals surface area contributed by atoms with Crippen LogP contribution in [0.5, 0.6) is 0 Å². The maximum absolute atomic E-state index is 12.1. The number of hydrogen-bond donors (Lipinski definition) is 2. The molecule has 0 spiro atoms. The number of aromatic nitrogens is 1. The van der Waals surface area contributed by atoms with E-state index in [0.717, 1.165) is 17.5 Å². The number of thiophene rings is 1. The molecule has 0 aliphatic rings. The van der Waals surface area contributed by atoms with Gasteiger partial charge >= 0.3 is 5.97 Å². The number of hydrogen-bond acceptors (Lipinski definition) is 4. The first-order valence-electron chi connectivity index (χ1n) is 6.21. The summed E-state index contributed by atoms with van der Waals surface area (Å²) in [6.07, 6.45) is 2.50. The van der Waals surface area contributed by atoms with Crippen LogP contribution in [0.25, 0.3) is 6.08 Å². The number of amides is 1. The molecule has 2 heterocycles. The van der Waals surface area contributed by atoms with E-state index >= 15 is 0 Å². The summed E-state index contributed by atoms with van der Waals surface area (Å²) in [5.41, 5.74) is 2.80. The van der Waals surface area contributed by atoms with Crippen molar-refractivity contribution >= 4 is 35.0 Å². The smallest absolute Gasteiger partial charge is 0.328 e. The molecule has 2 N–H and O–H groups in total. The maximum Gasteiger partial charge on any atom is 0.328 e. The molecule has 0 aliphatic carbocycles. The van der Waals surface area contributed by atoms with Gasteiger partial charge in [0.1, 0.15) is 0 Å². The summed E-state index contributed by atoms with van der Waals surface area (Å²) in [4.78, 5) is 27.6. The molecule has 0 aliphatic heterocycles. The Bertz CT molecular complexity index is 719. The monoisotopic (exact) mass is 302 g/mol. The summed E-state index contributed by atoms with van der Waals surface area (Å²) < 4.78 is 0. The average Bonchev–Trinajstić information content (AvgIpc) is 2.88. The van der Waals surface area contributed by atoms with Crippen LogP contribution in [0.1, 0.15) is 26.6 Å². The third-order valence-electron chi connectivity index (χ3n) is 2.75. The molecule has 0 bridgehead atoms. The molecule has 0 unspecified atom stereocenters. The highest BCUT2D eigenvalue weighted by molar-refractivity contribution is 7.11. The predicted octanol–water partition coefficient (Wildman–Crippen LogP) is 3.11. The zero-order valence-corrected chi connectivity index (χ0v) is 12.4. The van der Waals surface area contributed by atoms with Crippen molar-refractivity contribution in [1.29, 1.82) is 0 Å². The molecule has 0 atom stereocenters. The summed E-state index contributed by atoms with van der Waals surface area (Å²) in [6.45, 7) is 3.72. The molecule has 0 aromatic carbocycles. The van der Waals surface area contributed by atoms with Gasteiger partial charge in [0.2, 0.25) is 0 Å². The first-order valence-corrected chi connectivity index (χ1v) is 7.09. The molecule has 2 aromatic heterocycles. The van der Waals surface area contributed by atoms with Gasteiger partial charge in [-0.1, -0.05) is 0 Å². The average molecular weight is 302 g/mol. The number of carboxylic acids is 1. The molecule has 5 nitrogen and oxygen atoms in total. The molecule has 0 radical (unpaired) electrons. The van der Waals surface area contributed by atoms with Gasteiger partial charge in [0.25, 0.3) is 5.91 Å². The third-order valence-corrected chi connectivity index (χ3v) is 3.64. The molecule has 2 rings (SSSR count). The van der Waals surface area contributed by atoms with Crippen LogP contribution < -0.4 is 5.32 Å². The second-order valence-corrected chi connectivity index (χ2v) is 5.39. The molecule has 0 saturated heterocycles. The largest absolute Gasteiger partial charge is 0.478 e. The van der Waals surface area contributed by atoms with Crippen molar-refractivity contribution in [3.63, 3.8) is 0 Å². The van der Waals surface area contributed by atoms with Crippen molar-refractivity contribution in [2.24, 2.45) is 0 Å². The minimum Gasteiger partial charge on any atom is -0.478 e. The molecular formula is C15H14N2O3S. The molecule has 108 valence electrons. The van der Waals surface area contributed by atoms with E-state index in [0.29, 0.717) is 16.1 Å². The van der Waals surface area contributed by atoms with Gasteiger partial charge < -0.3 is 10.4 Å². The van der Waals surface area contributed by atoms with Crippen molar-refractivity contribution in [2.75, 3.05) is 5.32 Å². The van der Waals surface area contributed by atoms with Crippen molar-refractivity contribution in [3.05, 3.63) is 51.5 Å². The van der Waals surface area contributed by atoms with Gasteiger partial charge in [-0.15, -0.1) is 11.3 Å². The van der Waals surface area contributed by atoms with Gasteiger partial charge in [0, 0.05) is 22.0 Å². The van der Waals surface area contributed by atoms with E-state index in [1.165, 1.54) is 17.4 Å². The topological polar surface area (TPSA) is 79.3 Å². The fourth-order valence-corrected chi connectivity index (χ4v) is 2.51. The Kier molecular flexibility index (Phi) is 4.49. The standard InChI is InChI=1S/C15H14N2O3S/c1-9-3-5-13(10(2)16-9)17-15(20)11-7-12(21-8-11)4-6-14(18)19/h3-8H,1-2H3,(H,17,20)(H,18,19)/b6-4+. The quantitative estimate of drug-likeness (QED) is 0.850. The number of aliphatic carboxylic acids is 1. The molecule has 2 aromatic rings. The highest BCUT2D eigenvalue weighted by Gasteiger charge is 2.10. The summed E-state index contributed by atoms with van der Waals surface area (Å²) in [5.74, 6) is -1.26. The summed E-state index contributed by atoms with van der Waals surface area (Å²) in [6, 6.07) is 5.29. The van der Waals surface area contributed by atoms with Crippen molar-refractivity contribution in [2.45, 2.75) is 13.8 Å². The van der Waals surface area contributed by atoms with Crippen LogP contribution in [0.3, 0.4) is 0 Å². The van der Waals surface area contributed by atoms with Gasteiger partial charge in [0.05, 0.1) is 16.9 Å². The molecule has 21 heavy (non-hydrogen) atoms. The van der Waals surface area contributed by atoms with Crippen molar-refractivity contribution in [3.8, 4) is 0 Å². The molecule has 0 fully saturated rings. The summed E-state index contributed by atoms with van der Waals surface area (Å²) in [7, 11) is 0. The van der Waals surface area contributed by atoms with Gasteiger partial charge in [0.15, 0.2) is 0 Å². The SMILES string of the molecule is Cc1ccc(NC(=O)c2csc(/C=C/C(=O)O)c2)c(C)n1. The van der Waals surface area contributed by atoms with Crippen LogP contribution in [-0.4, -0.2) is 22.0 Å². The lowest BCUT2D eigenvalue weighted by Crippen LogP contribution is -2.12. The number of pyridine rings is 1. The van der Waals surface area contributed by atoms with Crippen LogP contribution in [0.4, 0.5) is 5.69 Å². The Hall–Kier alpha value is -2.47. The minimum absolute atomic E-state index is 0.241. The molecule has 6 heteroatoms. The van der Waals surface area contributed by atoms with E-state index in [4.69, 9.17) is 5.11 Å². The zero-order chi connectivity index (χ0) is 15.4. The van der Waals surface area contributed by atoms with E-state index in [9.17, 15) is 9.59 Å². The predicted molar refractivity (Wildman–Crippen MR) is 82.7 cm³/mol. The number of nitrogens with one attached hydrogen (secondary N) is 1.